The minimum atomic E-state index is -0.813. The van der Waals surface area contributed by atoms with E-state index >= 15 is 0 Å². The molecular weight excluding hydrogens is 404 g/mol. The third-order valence-corrected chi connectivity index (χ3v) is 5.40. The number of anilines is 1. The van der Waals surface area contributed by atoms with E-state index in [1.165, 1.54) is 17.2 Å². The van der Waals surface area contributed by atoms with Crippen LogP contribution in [0.25, 0.3) is 0 Å². The summed E-state index contributed by atoms with van der Waals surface area (Å²) in [5.74, 6) is -2.31. The highest BCUT2D eigenvalue weighted by Crippen LogP contribution is 2.30. The van der Waals surface area contributed by atoms with Gasteiger partial charge in [-0.3, -0.25) is 14.5 Å². The van der Waals surface area contributed by atoms with Gasteiger partial charge < -0.3 is 9.64 Å². The van der Waals surface area contributed by atoms with E-state index in [0.717, 1.165) is 11.0 Å². The molecule has 4 rings (SSSR count). The number of carbonyl (C=O) groups excluding carboxylic acids is 2. The standard InChI is InChI=1S/C20H18ClF2N3O3/c1-11-4-12(2-3-15(11)22)7-25-17(27)8-26(19-16(23)5-14(21)6-24-19)20(28)18(25)13-9-29-10-13/h2-6,13,18H,7-10H2,1H3/t18-/m0/s1. The van der Waals surface area contributed by atoms with Gasteiger partial charge in [0, 0.05) is 18.7 Å². The van der Waals surface area contributed by atoms with Crippen molar-refractivity contribution >= 4 is 29.2 Å². The molecule has 2 aliphatic heterocycles. The summed E-state index contributed by atoms with van der Waals surface area (Å²) in [7, 11) is 0. The highest BCUT2D eigenvalue weighted by molar-refractivity contribution is 6.30. The van der Waals surface area contributed by atoms with Crippen LogP contribution in [0.4, 0.5) is 14.6 Å². The van der Waals surface area contributed by atoms with E-state index in [4.69, 9.17) is 16.3 Å². The van der Waals surface area contributed by atoms with Crippen LogP contribution in [0.2, 0.25) is 5.02 Å². The fourth-order valence-corrected chi connectivity index (χ4v) is 3.76. The Balaban J connectivity index is 1.66. The Kier molecular flexibility index (Phi) is 5.23. The van der Waals surface area contributed by atoms with E-state index < -0.39 is 17.8 Å². The fraction of sp³-hybridized carbons (Fsp3) is 0.350. The average Bonchev–Trinajstić information content (AvgIpc) is 2.62. The van der Waals surface area contributed by atoms with Crippen molar-refractivity contribution in [1.29, 1.82) is 0 Å². The quantitative estimate of drug-likeness (QED) is 0.761. The van der Waals surface area contributed by atoms with Crippen LogP contribution < -0.4 is 4.90 Å². The molecule has 3 heterocycles. The molecule has 9 heteroatoms. The number of pyridine rings is 1. The van der Waals surface area contributed by atoms with Crippen molar-refractivity contribution < 1.29 is 23.1 Å². The van der Waals surface area contributed by atoms with Crippen LogP contribution in [0.1, 0.15) is 11.1 Å². The first-order chi connectivity index (χ1) is 13.8. The van der Waals surface area contributed by atoms with Crippen molar-refractivity contribution in [1.82, 2.24) is 9.88 Å². The lowest BCUT2D eigenvalue weighted by Gasteiger charge is -2.45. The summed E-state index contributed by atoms with van der Waals surface area (Å²) < 4.78 is 33.2. The molecule has 1 atom stereocenters. The molecule has 0 unspecified atom stereocenters. The van der Waals surface area contributed by atoms with Crippen molar-refractivity contribution in [3.63, 3.8) is 0 Å². The molecule has 2 fully saturated rings. The number of amides is 2. The van der Waals surface area contributed by atoms with Gasteiger partial charge in [-0.15, -0.1) is 0 Å². The molecule has 0 N–H and O–H groups in total. The number of ether oxygens (including phenoxy) is 1. The average molecular weight is 422 g/mol. The number of halogens is 3. The van der Waals surface area contributed by atoms with Crippen molar-refractivity contribution in [3.8, 4) is 0 Å². The van der Waals surface area contributed by atoms with Crippen LogP contribution >= 0.6 is 11.6 Å². The summed E-state index contributed by atoms with van der Waals surface area (Å²) in [6, 6.07) is 4.81. The topological polar surface area (TPSA) is 62.7 Å². The van der Waals surface area contributed by atoms with E-state index in [2.05, 4.69) is 4.98 Å². The Hall–Kier alpha value is -2.58. The molecule has 0 radical (unpaired) electrons. The maximum Gasteiger partial charge on any atom is 0.251 e. The molecule has 1 aromatic carbocycles. The highest BCUT2D eigenvalue weighted by Gasteiger charge is 2.47. The Morgan fingerprint density at radius 2 is 1.97 bits per heavy atom. The molecule has 1 aromatic heterocycles. The van der Waals surface area contributed by atoms with Gasteiger partial charge in [0.2, 0.25) is 5.91 Å². The Labute approximate surface area is 171 Å². The van der Waals surface area contributed by atoms with Crippen LogP contribution in [0, 0.1) is 24.5 Å². The van der Waals surface area contributed by atoms with Gasteiger partial charge in [-0.25, -0.2) is 13.8 Å². The largest absolute Gasteiger partial charge is 0.380 e. The van der Waals surface area contributed by atoms with E-state index in [1.807, 2.05) is 0 Å². The smallest absolute Gasteiger partial charge is 0.251 e. The first-order valence-corrected chi connectivity index (χ1v) is 9.47. The number of rotatable bonds is 4. The summed E-state index contributed by atoms with van der Waals surface area (Å²) >= 11 is 5.74. The molecule has 2 aliphatic rings. The molecule has 0 bridgehead atoms. The van der Waals surface area contributed by atoms with E-state index in [0.29, 0.717) is 24.3 Å². The predicted octanol–water partition coefficient (Wildman–Crippen LogP) is 2.71. The number of aromatic nitrogens is 1. The van der Waals surface area contributed by atoms with Crippen LogP contribution in [0.3, 0.4) is 0 Å². The van der Waals surface area contributed by atoms with Gasteiger partial charge in [-0.2, -0.15) is 0 Å². The summed E-state index contributed by atoms with van der Waals surface area (Å²) in [6.45, 7) is 2.10. The second-order valence-electron chi connectivity index (χ2n) is 7.23. The summed E-state index contributed by atoms with van der Waals surface area (Å²) in [5.41, 5.74) is 1.16. The van der Waals surface area contributed by atoms with Crippen molar-refractivity contribution in [2.75, 3.05) is 24.7 Å². The second kappa shape index (κ2) is 7.68. The molecule has 0 aliphatic carbocycles. The Bertz CT molecular complexity index is 983. The molecule has 0 spiro atoms. The third-order valence-electron chi connectivity index (χ3n) is 5.20. The van der Waals surface area contributed by atoms with Crippen LogP contribution in [-0.4, -0.2) is 47.5 Å². The van der Waals surface area contributed by atoms with E-state index in [-0.39, 0.29) is 41.6 Å². The van der Waals surface area contributed by atoms with E-state index in [9.17, 15) is 18.4 Å². The lowest BCUT2D eigenvalue weighted by molar-refractivity contribution is -0.155. The molecule has 29 heavy (non-hydrogen) atoms. The number of nitrogens with zero attached hydrogens (tertiary/aromatic N) is 3. The van der Waals surface area contributed by atoms with Crippen molar-refractivity contribution in [2.24, 2.45) is 5.92 Å². The first-order valence-electron chi connectivity index (χ1n) is 9.10. The Morgan fingerprint density at radius 1 is 1.21 bits per heavy atom. The van der Waals surface area contributed by atoms with Gasteiger partial charge in [0.05, 0.1) is 18.2 Å². The zero-order chi connectivity index (χ0) is 20.7. The van der Waals surface area contributed by atoms with Gasteiger partial charge in [-0.05, 0) is 30.2 Å². The molecule has 2 amide bonds. The number of hydrogen-bond acceptors (Lipinski definition) is 4. The number of hydrogen-bond donors (Lipinski definition) is 0. The summed E-state index contributed by atoms with van der Waals surface area (Å²) in [4.78, 5) is 32.6. The lowest BCUT2D eigenvalue weighted by Crippen LogP contribution is -2.65. The normalized spacial score (nSPS) is 20.2. The fourth-order valence-electron chi connectivity index (χ4n) is 3.62. The SMILES string of the molecule is Cc1cc(CN2C(=O)CN(c3ncc(Cl)cc3F)C(=O)[C@@H]2C2COC2)ccc1F. The monoisotopic (exact) mass is 421 g/mol. The Morgan fingerprint density at radius 3 is 2.59 bits per heavy atom. The zero-order valence-corrected chi connectivity index (χ0v) is 16.3. The van der Waals surface area contributed by atoms with Gasteiger partial charge in [0.25, 0.3) is 5.91 Å². The molecule has 152 valence electrons. The van der Waals surface area contributed by atoms with Gasteiger partial charge in [0.15, 0.2) is 11.6 Å². The lowest BCUT2D eigenvalue weighted by atomic mass is 9.92. The van der Waals surface area contributed by atoms with Gasteiger partial charge in [-0.1, -0.05) is 23.7 Å². The van der Waals surface area contributed by atoms with Crippen LogP contribution in [0.5, 0.6) is 0 Å². The molecule has 2 saturated heterocycles. The second-order valence-corrected chi connectivity index (χ2v) is 7.67. The minimum Gasteiger partial charge on any atom is -0.380 e. The maximum absolute atomic E-state index is 14.4. The van der Waals surface area contributed by atoms with Gasteiger partial charge >= 0.3 is 0 Å². The molecular formula is C20H18ClF2N3O3. The number of carbonyl (C=O) groups is 2. The zero-order valence-electron chi connectivity index (χ0n) is 15.6. The minimum absolute atomic E-state index is 0.0966. The third kappa shape index (κ3) is 3.70. The van der Waals surface area contributed by atoms with Gasteiger partial charge in [0.1, 0.15) is 18.4 Å². The van der Waals surface area contributed by atoms with E-state index in [1.54, 1.807) is 19.1 Å². The summed E-state index contributed by atoms with van der Waals surface area (Å²) in [5, 5.41) is 0.0966. The van der Waals surface area contributed by atoms with Crippen LogP contribution in [0.15, 0.2) is 30.5 Å². The molecule has 6 nitrogen and oxygen atoms in total. The van der Waals surface area contributed by atoms with Crippen LogP contribution in [-0.2, 0) is 20.9 Å². The molecule has 2 aromatic rings. The van der Waals surface area contributed by atoms with Crippen molar-refractivity contribution in [2.45, 2.75) is 19.5 Å². The number of benzene rings is 1. The maximum atomic E-state index is 14.4. The predicted molar refractivity (Wildman–Crippen MR) is 101 cm³/mol. The number of piperazine rings is 1. The summed E-state index contributed by atoms with van der Waals surface area (Å²) in [6.07, 6.45) is 1.23. The van der Waals surface area contributed by atoms with Crippen molar-refractivity contribution in [3.05, 3.63) is 58.2 Å². The number of aryl methyl sites for hydroxylation is 1. The molecule has 0 saturated carbocycles. The first kappa shape index (κ1) is 19.7. The highest BCUT2D eigenvalue weighted by atomic mass is 35.5.